The van der Waals surface area contributed by atoms with Crippen molar-refractivity contribution in [1.82, 2.24) is 0 Å². The first-order valence-electron chi connectivity index (χ1n) is 5.64. The normalized spacial score (nSPS) is 14.1. The molecule has 0 amide bonds. The van der Waals surface area contributed by atoms with Crippen LogP contribution >= 0.6 is 17.0 Å². The van der Waals surface area contributed by atoms with E-state index >= 15 is 0 Å². The molecule has 0 bridgehead atoms. The van der Waals surface area contributed by atoms with Gasteiger partial charge in [-0.3, -0.25) is 4.72 Å². The van der Waals surface area contributed by atoms with E-state index in [1.54, 1.807) is 6.07 Å². The van der Waals surface area contributed by atoms with Gasteiger partial charge in [-0.2, -0.15) is 0 Å². The summed E-state index contributed by atoms with van der Waals surface area (Å²) < 4.78 is 25.0. The van der Waals surface area contributed by atoms with Gasteiger partial charge in [0, 0.05) is 6.54 Å². The van der Waals surface area contributed by atoms with Gasteiger partial charge in [0.1, 0.15) is 5.75 Å². The van der Waals surface area contributed by atoms with Crippen LogP contribution in [0.4, 0.5) is 5.69 Å². The number of sulfonamides is 1. The Bertz CT molecular complexity index is 612. The van der Waals surface area contributed by atoms with Crippen LogP contribution in [0.3, 0.4) is 0 Å². The molecule has 0 spiro atoms. The van der Waals surface area contributed by atoms with E-state index in [2.05, 4.69) is 4.72 Å². The number of allylic oxidation sites excluding steroid dienone is 1. The molecule has 2 rings (SSSR count). The zero-order valence-electron chi connectivity index (χ0n) is 10.5. The average molecular weight is 349 g/mol. The van der Waals surface area contributed by atoms with E-state index < -0.39 is 10.0 Å². The summed E-state index contributed by atoms with van der Waals surface area (Å²) in [6, 6.07) is 3.26. The highest BCUT2D eigenvalue weighted by Gasteiger charge is 2.19. The third-order valence-electron chi connectivity index (χ3n) is 2.93. The first kappa shape index (κ1) is 16.0. The van der Waals surface area contributed by atoms with Gasteiger partial charge in [-0.15, -0.1) is 17.0 Å². The van der Waals surface area contributed by atoms with E-state index in [1.165, 1.54) is 6.07 Å². The van der Waals surface area contributed by atoms with Crippen molar-refractivity contribution in [2.45, 2.75) is 12.8 Å². The van der Waals surface area contributed by atoms with Gasteiger partial charge in [0.15, 0.2) is 0 Å². The molecule has 19 heavy (non-hydrogen) atoms. The molecule has 0 fully saturated rings. The summed E-state index contributed by atoms with van der Waals surface area (Å²) in [5, 5.41) is 9.81. The van der Waals surface area contributed by atoms with Crippen LogP contribution in [0.1, 0.15) is 17.5 Å². The lowest BCUT2D eigenvalue weighted by Gasteiger charge is -2.21. The number of hydrogen-bond donors (Lipinski definition) is 3. The number of rotatable bonds is 3. The lowest BCUT2D eigenvalue weighted by molar-refractivity contribution is 0.477. The molecule has 5 nitrogen and oxygen atoms in total. The predicted octanol–water partition coefficient (Wildman–Crippen LogP) is 1.63. The highest BCUT2D eigenvalue weighted by Crippen LogP contribution is 2.37. The van der Waals surface area contributed by atoms with Gasteiger partial charge in [0.05, 0.1) is 11.9 Å². The summed E-state index contributed by atoms with van der Waals surface area (Å²) in [6.45, 7) is 0.399. The van der Waals surface area contributed by atoms with Crippen molar-refractivity contribution in [3.63, 3.8) is 0 Å². The fraction of sp³-hybridized carbons (Fsp3) is 0.333. The molecule has 1 aromatic carbocycles. The van der Waals surface area contributed by atoms with E-state index in [0.717, 1.165) is 29.4 Å². The smallest absolute Gasteiger partial charge is 0.229 e. The van der Waals surface area contributed by atoms with Crippen molar-refractivity contribution in [2.24, 2.45) is 5.73 Å². The number of phenolic OH excluding ortho intramolecular Hbond substituents is 1. The summed E-state index contributed by atoms with van der Waals surface area (Å²) in [4.78, 5) is 0. The van der Waals surface area contributed by atoms with E-state index in [0.29, 0.717) is 13.0 Å². The van der Waals surface area contributed by atoms with Crippen LogP contribution < -0.4 is 10.5 Å². The number of nitrogens with one attached hydrogen (secondary N) is 1. The van der Waals surface area contributed by atoms with Crippen LogP contribution in [0.2, 0.25) is 0 Å². The number of hydrogen-bond acceptors (Lipinski definition) is 4. The minimum atomic E-state index is -3.42. The first-order chi connectivity index (χ1) is 8.42. The quantitative estimate of drug-likeness (QED) is 0.723. The van der Waals surface area contributed by atoms with Crippen LogP contribution in [0, 0.1) is 0 Å². The Hall–Kier alpha value is -1.05. The standard InChI is InChI=1S/C12H16N2O3S.BrH/c1-18(16,17)14-12-10-4-2-3-8(7-13)9(10)5-6-11(12)15;/h3,5-6,14-15H,2,4,7,13H2,1H3;1H. The van der Waals surface area contributed by atoms with Crippen molar-refractivity contribution < 1.29 is 13.5 Å². The molecule has 0 aromatic heterocycles. The number of benzene rings is 1. The zero-order chi connectivity index (χ0) is 13.3. The molecule has 0 atom stereocenters. The lowest BCUT2D eigenvalue weighted by atomic mass is 9.89. The van der Waals surface area contributed by atoms with Gasteiger partial charge in [-0.1, -0.05) is 12.1 Å². The second-order valence-electron chi connectivity index (χ2n) is 4.33. The van der Waals surface area contributed by atoms with Crippen LogP contribution in [0.25, 0.3) is 5.57 Å². The Morgan fingerprint density at radius 3 is 2.68 bits per heavy atom. The molecule has 1 aliphatic rings. The van der Waals surface area contributed by atoms with E-state index in [1.807, 2.05) is 6.08 Å². The maximum atomic E-state index is 11.3. The van der Waals surface area contributed by atoms with Crippen LogP contribution in [0.15, 0.2) is 18.2 Å². The number of anilines is 1. The molecule has 0 aliphatic heterocycles. The van der Waals surface area contributed by atoms with Gasteiger partial charge >= 0.3 is 0 Å². The second-order valence-corrected chi connectivity index (χ2v) is 6.08. The van der Waals surface area contributed by atoms with Crippen LogP contribution in [-0.4, -0.2) is 26.3 Å². The summed E-state index contributed by atoms with van der Waals surface area (Å²) in [6.07, 6.45) is 4.59. The van der Waals surface area contributed by atoms with Crippen molar-refractivity contribution >= 4 is 38.3 Å². The van der Waals surface area contributed by atoms with E-state index in [-0.39, 0.29) is 28.4 Å². The molecular formula is C12H17BrN2O3S. The van der Waals surface area contributed by atoms with Gasteiger partial charge in [-0.05, 0) is 35.6 Å². The van der Waals surface area contributed by atoms with E-state index in [4.69, 9.17) is 5.73 Å². The molecule has 1 aliphatic carbocycles. The molecule has 4 N–H and O–H groups in total. The molecule has 0 saturated heterocycles. The minimum absolute atomic E-state index is 0. The summed E-state index contributed by atoms with van der Waals surface area (Å²) >= 11 is 0. The number of fused-ring (bicyclic) bond motifs is 1. The average Bonchev–Trinajstić information content (AvgIpc) is 2.30. The van der Waals surface area contributed by atoms with Crippen molar-refractivity contribution in [1.29, 1.82) is 0 Å². The second kappa shape index (κ2) is 5.94. The van der Waals surface area contributed by atoms with Gasteiger partial charge in [0.2, 0.25) is 10.0 Å². The topological polar surface area (TPSA) is 92.4 Å². The molecule has 7 heteroatoms. The highest BCUT2D eigenvalue weighted by atomic mass is 79.9. The third kappa shape index (κ3) is 3.49. The van der Waals surface area contributed by atoms with Crippen molar-refractivity contribution in [2.75, 3.05) is 17.5 Å². The Balaban J connectivity index is 0.00000180. The molecule has 0 radical (unpaired) electrons. The molecule has 0 saturated carbocycles. The van der Waals surface area contributed by atoms with Crippen LogP contribution in [-0.2, 0) is 16.4 Å². The van der Waals surface area contributed by atoms with E-state index in [9.17, 15) is 13.5 Å². The maximum absolute atomic E-state index is 11.3. The minimum Gasteiger partial charge on any atom is -0.506 e. The maximum Gasteiger partial charge on any atom is 0.229 e. The molecule has 1 aromatic rings. The number of phenols is 1. The van der Waals surface area contributed by atoms with Gasteiger partial charge in [0.25, 0.3) is 0 Å². The Labute approximate surface area is 123 Å². The number of nitrogens with two attached hydrogens (primary N) is 1. The van der Waals surface area contributed by atoms with Crippen molar-refractivity contribution in [3.8, 4) is 5.75 Å². The van der Waals surface area contributed by atoms with Gasteiger partial charge in [-0.25, -0.2) is 8.42 Å². The number of aromatic hydroxyl groups is 1. The number of halogens is 1. The van der Waals surface area contributed by atoms with Crippen molar-refractivity contribution in [3.05, 3.63) is 29.3 Å². The molecule has 0 heterocycles. The summed E-state index contributed by atoms with van der Waals surface area (Å²) in [7, 11) is -3.42. The van der Waals surface area contributed by atoms with Crippen LogP contribution in [0.5, 0.6) is 5.75 Å². The Kier molecular flexibility index (Phi) is 5.00. The Morgan fingerprint density at radius 1 is 1.42 bits per heavy atom. The third-order valence-corrected chi connectivity index (χ3v) is 3.50. The lowest BCUT2D eigenvalue weighted by Crippen LogP contribution is -2.15. The highest BCUT2D eigenvalue weighted by molar-refractivity contribution is 8.93. The first-order valence-corrected chi connectivity index (χ1v) is 7.53. The molecule has 106 valence electrons. The largest absolute Gasteiger partial charge is 0.506 e. The zero-order valence-corrected chi connectivity index (χ0v) is 13.0. The summed E-state index contributed by atoms with van der Waals surface area (Å²) in [5.74, 6) is -0.0579. The molecular weight excluding hydrogens is 332 g/mol. The fourth-order valence-electron chi connectivity index (χ4n) is 2.19. The fourth-order valence-corrected chi connectivity index (χ4v) is 2.79. The van der Waals surface area contributed by atoms with Gasteiger partial charge < -0.3 is 10.8 Å². The Morgan fingerprint density at radius 2 is 2.11 bits per heavy atom. The summed E-state index contributed by atoms with van der Waals surface area (Å²) in [5.41, 5.74) is 8.63. The molecule has 0 unspecified atom stereocenters. The SMILES string of the molecule is Br.CS(=O)(=O)Nc1c(O)ccc2c1CCC=C2CN. The predicted molar refractivity (Wildman–Crippen MR) is 82.2 cm³/mol. The monoisotopic (exact) mass is 348 g/mol.